The van der Waals surface area contributed by atoms with Crippen LogP contribution in [0.2, 0.25) is 10.0 Å². The molecule has 2 aromatic rings. The van der Waals surface area contributed by atoms with Gasteiger partial charge in [0.1, 0.15) is 11.8 Å². The van der Waals surface area contributed by atoms with Crippen LogP contribution in [0.3, 0.4) is 0 Å². The number of carbonyl (C=O) groups excluding carboxylic acids is 3. The molecule has 3 heterocycles. The van der Waals surface area contributed by atoms with E-state index in [9.17, 15) is 14.4 Å². The summed E-state index contributed by atoms with van der Waals surface area (Å²) >= 11 is 12.1. The van der Waals surface area contributed by atoms with Crippen molar-refractivity contribution in [2.75, 3.05) is 46.9 Å². The number of hydrogen-bond acceptors (Lipinski definition) is 6. The number of nitrogens with zero attached hydrogens (tertiary/aromatic N) is 3. The Morgan fingerprint density at radius 3 is 2.49 bits per heavy atom. The highest BCUT2D eigenvalue weighted by atomic mass is 35.5. The van der Waals surface area contributed by atoms with Gasteiger partial charge in [-0.2, -0.15) is 0 Å². The Balaban J connectivity index is 1.51. The number of halogens is 2. The molecule has 0 saturated carbocycles. The van der Waals surface area contributed by atoms with Crippen molar-refractivity contribution in [1.29, 1.82) is 0 Å². The molecule has 1 aromatic heterocycles. The molecule has 4 rings (SSSR count). The van der Waals surface area contributed by atoms with Crippen molar-refractivity contribution in [3.05, 3.63) is 58.0 Å². The summed E-state index contributed by atoms with van der Waals surface area (Å²) in [6, 6.07) is 7.16. The van der Waals surface area contributed by atoms with E-state index in [0.717, 1.165) is 0 Å². The second kappa shape index (κ2) is 10.6. The van der Waals surface area contributed by atoms with E-state index >= 15 is 0 Å². The minimum Gasteiger partial charge on any atom is -0.459 e. The van der Waals surface area contributed by atoms with E-state index in [2.05, 4.69) is 5.32 Å². The van der Waals surface area contributed by atoms with E-state index in [4.69, 9.17) is 32.4 Å². The van der Waals surface area contributed by atoms with E-state index in [1.807, 2.05) is 19.0 Å². The molecule has 2 saturated heterocycles. The molecular formula is C24H28Cl2N4O5. The predicted octanol–water partition coefficient (Wildman–Crippen LogP) is 2.74. The summed E-state index contributed by atoms with van der Waals surface area (Å²) in [6.07, 6.45) is 2.13. The van der Waals surface area contributed by atoms with Crippen LogP contribution < -0.4 is 5.32 Å². The zero-order valence-electron chi connectivity index (χ0n) is 19.6. The van der Waals surface area contributed by atoms with Crippen molar-refractivity contribution < 1.29 is 23.5 Å². The Hall–Kier alpha value is -2.59. The summed E-state index contributed by atoms with van der Waals surface area (Å²) in [5, 5.41) is 3.58. The van der Waals surface area contributed by atoms with Gasteiger partial charge in [-0.05, 0) is 44.4 Å². The van der Waals surface area contributed by atoms with Gasteiger partial charge in [-0.25, -0.2) is 0 Å². The molecule has 2 aliphatic heterocycles. The molecule has 35 heavy (non-hydrogen) atoms. The highest BCUT2D eigenvalue weighted by Gasteiger charge is 2.54. The zero-order valence-corrected chi connectivity index (χ0v) is 21.1. The average Bonchev–Trinajstić information content (AvgIpc) is 3.49. The van der Waals surface area contributed by atoms with Crippen LogP contribution in [0.15, 0.2) is 41.0 Å². The van der Waals surface area contributed by atoms with Gasteiger partial charge in [-0.3, -0.25) is 19.3 Å². The fraction of sp³-hybridized carbons (Fsp3) is 0.458. The number of likely N-dealkylation sites (N-methyl/N-ethyl adjacent to an activating group) is 1. The smallest absolute Gasteiger partial charge is 0.292 e. The molecule has 1 N–H and O–H groups in total. The number of benzene rings is 1. The number of piperidine rings is 1. The lowest BCUT2D eigenvalue weighted by Gasteiger charge is -2.44. The first-order valence-corrected chi connectivity index (χ1v) is 12.2. The first kappa shape index (κ1) is 25.5. The second-order valence-electron chi connectivity index (χ2n) is 8.94. The lowest BCUT2D eigenvalue weighted by atomic mass is 9.96. The van der Waals surface area contributed by atoms with Gasteiger partial charge in [0.05, 0.1) is 22.9 Å². The van der Waals surface area contributed by atoms with Crippen molar-refractivity contribution >= 4 is 40.9 Å². The van der Waals surface area contributed by atoms with Crippen LogP contribution in [0.1, 0.15) is 33.8 Å². The fourth-order valence-electron chi connectivity index (χ4n) is 4.48. The third-order valence-electron chi connectivity index (χ3n) is 6.37. The van der Waals surface area contributed by atoms with Gasteiger partial charge in [-0.1, -0.05) is 23.2 Å². The van der Waals surface area contributed by atoms with Crippen LogP contribution in [-0.2, 0) is 9.53 Å². The first-order chi connectivity index (χ1) is 16.7. The molecule has 0 aliphatic carbocycles. The highest BCUT2D eigenvalue weighted by Crippen LogP contribution is 2.39. The van der Waals surface area contributed by atoms with Crippen molar-refractivity contribution in [3.63, 3.8) is 0 Å². The van der Waals surface area contributed by atoms with Crippen LogP contribution in [0.5, 0.6) is 0 Å². The Morgan fingerprint density at radius 1 is 1.11 bits per heavy atom. The minimum absolute atomic E-state index is 0.0704. The van der Waals surface area contributed by atoms with E-state index in [0.29, 0.717) is 54.6 Å². The minimum atomic E-state index is -1.01. The first-order valence-electron chi connectivity index (χ1n) is 11.4. The van der Waals surface area contributed by atoms with Crippen LogP contribution in [0.4, 0.5) is 0 Å². The van der Waals surface area contributed by atoms with Crippen molar-refractivity contribution in [3.8, 4) is 0 Å². The number of likely N-dealkylation sites (tertiary alicyclic amines) is 1. The van der Waals surface area contributed by atoms with E-state index < -0.39 is 17.7 Å². The van der Waals surface area contributed by atoms with Gasteiger partial charge >= 0.3 is 0 Å². The summed E-state index contributed by atoms with van der Waals surface area (Å²) in [4.78, 5) is 44.7. The van der Waals surface area contributed by atoms with Crippen LogP contribution in [0.25, 0.3) is 0 Å². The Labute approximate surface area is 213 Å². The van der Waals surface area contributed by atoms with Crippen molar-refractivity contribution in [2.45, 2.75) is 24.6 Å². The van der Waals surface area contributed by atoms with Crippen LogP contribution >= 0.6 is 23.2 Å². The molecule has 0 radical (unpaired) electrons. The van der Waals surface area contributed by atoms with Crippen molar-refractivity contribution in [1.82, 2.24) is 20.0 Å². The number of amides is 3. The van der Waals surface area contributed by atoms with Gasteiger partial charge in [0.15, 0.2) is 5.76 Å². The summed E-state index contributed by atoms with van der Waals surface area (Å²) in [7, 11) is 3.83. The number of hydrogen-bond donors (Lipinski definition) is 1. The standard InChI is InChI=1S/C24H28Cl2N4O5/c1-28(2)12-9-27-21(31)19-15-35-24(30(19)23(33)20-4-3-13-34-20)7-10-29(11-8-24)22(32)16-5-6-17(25)18(26)14-16/h3-6,13-14,19H,7-12,15H2,1-2H3,(H,27,31). The largest absolute Gasteiger partial charge is 0.459 e. The molecular weight excluding hydrogens is 495 g/mol. The summed E-state index contributed by atoms with van der Waals surface area (Å²) < 4.78 is 11.5. The summed E-state index contributed by atoms with van der Waals surface area (Å²) in [6.45, 7) is 1.87. The SMILES string of the molecule is CN(C)CCNC(=O)C1COC2(CCN(C(=O)c3ccc(Cl)c(Cl)c3)CC2)N1C(=O)c1ccco1. The average molecular weight is 523 g/mol. The lowest BCUT2D eigenvalue weighted by molar-refractivity contribution is -0.128. The third kappa shape index (κ3) is 5.33. The number of furan rings is 1. The van der Waals surface area contributed by atoms with E-state index in [-0.39, 0.29) is 24.2 Å². The van der Waals surface area contributed by atoms with Crippen molar-refractivity contribution in [2.24, 2.45) is 0 Å². The van der Waals surface area contributed by atoms with Gasteiger partial charge in [-0.15, -0.1) is 0 Å². The molecule has 1 spiro atoms. The van der Waals surface area contributed by atoms with Gasteiger partial charge in [0, 0.05) is 44.6 Å². The van der Waals surface area contributed by atoms with Crippen LogP contribution in [-0.4, -0.2) is 91.1 Å². The summed E-state index contributed by atoms with van der Waals surface area (Å²) in [5.41, 5.74) is -0.577. The second-order valence-corrected chi connectivity index (χ2v) is 9.76. The maximum atomic E-state index is 13.4. The molecule has 1 atom stereocenters. The molecule has 0 bridgehead atoms. The molecule has 2 aliphatic rings. The molecule has 1 unspecified atom stereocenters. The maximum absolute atomic E-state index is 13.4. The monoisotopic (exact) mass is 522 g/mol. The Kier molecular flexibility index (Phi) is 7.70. The van der Waals surface area contributed by atoms with E-state index in [1.165, 1.54) is 11.2 Å². The Bertz CT molecular complexity index is 1080. The maximum Gasteiger partial charge on any atom is 0.292 e. The number of carbonyl (C=O) groups is 3. The molecule has 2 fully saturated rings. The lowest BCUT2D eigenvalue weighted by Crippen LogP contribution is -2.60. The van der Waals surface area contributed by atoms with Gasteiger partial charge < -0.3 is 24.3 Å². The topological polar surface area (TPSA) is 95.3 Å². The quantitative estimate of drug-likeness (QED) is 0.626. The zero-order chi connectivity index (χ0) is 25.2. The highest BCUT2D eigenvalue weighted by molar-refractivity contribution is 6.42. The molecule has 3 amide bonds. The normalized spacial score (nSPS) is 19.4. The predicted molar refractivity (Wildman–Crippen MR) is 131 cm³/mol. The van der Waals surface area contributed by atoms with Gasteiger partial charge in [0.2, 0.25) is 5.91 Å². The number of ether oxygens (including phenoxy) is 1. The molecule has 188 valence electrons. The Morgan fingerprint density at radius 2 is 1.86 bits per heavy atom. The van der Waals surface area contributed by atoms with Gasteiger partial charge in [0.25, 0.3) is 11.8 Å². The third-order valence-corrected chi connectivity index (χ3v) is 7.11. The fourth-order valence-corrected chi connectivity index (χ4v) is 4.78. The molecule has 9 nitrogen and oxygen atoms in total. The number of rotatable bonds is 6. The summed E-state index contributed by atoms with van der Waals surface area (Å²) in [5.74, 6) is -0.740. The molecule has 11 heteroatoms. The van der Waals surface area contributed by atoms with Crippen LogP contribution in [0, 0.1) is 0 Å². The molecule has 1 aromatic carbocycles. The number of nitrogens with one attached hydrogen (secondary N) is 1. The van der Waals surface area contributed by atoms with E-state index in [1.54, 1.807) is 35.2 Å².